The molecule has 29 heavy (non-hydrogen) atoms. The summed E-state index contributed by atoms with van der Waals surface area (Å²) in [4.78, 5) is 12.1. The predicted molar refractivity (Wildman–Crippen MR) is 102 cm³/mol. The zero-order valence-electron chi connectivity index (χ0n) is 15.3. The first-order valence-corrected chi connectivity index (χ1v) is 9.38. The Morgan fingerprint density at radius 1 is 1.14 bits per heavy atom. The number of alkyl halides is 2. The Morgan fingerprint density at radius 2 is 1.83 bits per heavy atom. The normalized spacial score (nSPS) is 10.8. The van der Waals surface area contributed by atoms with Gasteiger partial charge < -0.3 is 14.8 Å². The van der Waals surface area contributed by atoms with Crippen molar-refractivity contribution in [2.45, 2.75) is 18.3 Å². The molecule has 1 amide bonds. The lowest BCUT2D eigenvalue weighted by atomic mass is 10.2. The van der Waals surface area contributed by atoms with Crippen LogP contribution in [0.5, 0.6) is 11.5 Å². The third-order valence-electron chi connectivity index (χ3n) is 3.69. The van der Waals surface area contributed by atoms with E-state index in [1.54, 1.807) is 11.8 Å². The van der Waals surface area contributed by atoms with Gasteiger partial charge in [0.25, 0.3) is 0 Å². The van der Waals surface area contributed by atoms with Crippen LogP contribution < -0.4 is 14.8 Å². The number of carbonyl (C=O) groups excluding carboxylic acids is 1. The van der Waals surface area contributed by atoms with Gasteiger partial charge in [0, 0.05) is 5.69 Å². The van der Waals surface area contributed by atoms with Crippen LogP contribution in [0.25, 0.3) is 0 Å². The molecule has 0 spiro atoms. The van der Waals surface area contributed by atoms with E-state index in [0.29, 0.717) is 17.4 Å². The highest BCUT2D eigenvalue weighted by Crippen LogP contribution is 2.20. The Hall–Kier alpha value is -3.21. The van der Waals surface area contributed by atoms with Gasteiger partial charge in [0.2, 0.25) is 11.1 Å². The van der Waals surface area contributed by atoms with E-state index >= 15 is 0 Å². The molecule has 1 N–H and O–H groups in total. The van der Waals surface area contributed by atoms with Crippen molar-refractivity contribution in [3.63, 3.8) is 0 Å². The van der Waals surface area contributed by atoms with Crippen molar-refractivity contribution < 1.29 is 23.0 Å². The third kappa shape index (κ3) is 6.14. The van der Waals surface area contributed by atoms with Crippen molar-refractivity contribution in [3.05, 3.63) is 54.1 Å². The minimum atomic E-state index is -2.89. The number of hydrogen-bond acceptors (Lipinski definition) is 7. The second-order valence-corrected chi connectivity index (χ2v) is 6.65. The third-order valence-corrected chi connectivity index (χ3v) is 4.64. The molecule has 2 aromatic carbocycles. The minimum absolute atomic E-state index is 0.0186. The molecular weight excluding hydrogens is 404 g/mol. The van der Waals surface area contributed by atoms with Crippen LogP contribution in [0.3, 0.4) is 0 Å². The summed E-state index contributed by atoms with van der Waals surface area (Å²) in [7, 11) is 1.60. The van der Waals surface area contributed by atoms with Crippen molar-refractivity contribution in [2.75, 3.05) is 18.2 Å². The maximum Gasteiger partial charge on any atom is 0.387 e. The van der Waals surface area contributed by atoms with Crippen LogP contribution in [0.4, 0.5) is 14.5 Å². The van der Waals surface area contributed by atoms with E-state index in [1.165, 1.54) is 36.0 Å². The lowest BCUT2D eigenvalue weighted by Crippen LogP contribution is -2.15. The predicted octanol–water partition coefficient (Wildman–Crippen LogP) is 3.06. The number of halogens is 2. The number of rotatable bonds is 9. The van der Waals surface area contributed by atoms with Gasteiger partial charge in [-0.15, -0.1) is 5.10 Å². The smallest absolute Gasteiger partial charge is 0.387 e. The Labute approximate surface area is 169 Å². The summed E-state index contributed by atoms with van der Waals surface area (Å²) in [6.07, 6.45) is 0. The fourth-order valence-electron chi connectivity index (χ4n) is 2.35. The first kappa shape index (κ1) is 20.5. The van der Waals surface area contributed by atoms with E-state index in [0.717, 1.165) is 11.3 Å². The van der Waals surface area contributed by atoms with Gasteiger partial charge in [-0.3, -0.25) is 4.79 Å². The highest BCUT2D eigenvalue weighted by molar-refractivity contribution is 7.99. The van der Waals surface area contributed by atoms with Gasteiger partial charge in [0.1, 0.15) is 11.5 Å². The lowest BCUT2D eigenvalue weighted by Gasteiger charge is -2.08. The zero-order valence-corrected chi connectivity index (χ0v) is 16.1. The Balaban J connectivity index is 1.52. The Morgan fingerprint density at radius 3 is 2.48 bits per heavy atom. The van der Waals surface area contributed by atoms with Crippen LogP contribution in [0.1, 0.15) is 5.56 Å². The van der Waals surface area contributed by atoms with Crippen LogP contribution in [0.15, 0.2) is 53.7 Å². The molecule has 11 heteroatoms. The van der Waals surface area contributed by atoms with Gasteiger partial charge in [-0.1, -0.05) is 23.9 Å². The van der Waals surface area contributed by atoms with Crippen LogP contribution in [-0.2, 0) is 11.3 Å². The van der Waals surface area contributed by atoms with Gasteiger partial charge >= 0.3 is 6.61 Å². The molecule has 0 radical (unpaired) electrons. The molecular formula is C18H17F2N5O3S. The first-order chi connectivity index (χ1) is 14.0. The minimum Gasteiger partial charge on any atom is -0.497 e. The number of aromatic nitrogens is 4. The molecule has 0 bridgehead atoms. The maximum atomic E-state index is 12.2. The number of anilines is 1. The van der Waals surface area contributed by atoms with E-state index < -0.39 is 6.61 Å². The van der Waals surface area contributed by atoms with Gasteiger partial charge in [-0.25, -0.2) is 4.68 Å². The second-order valence-electron chi connectivity index (χ2n) is 5.71. The van der Waals surface area contributed by atoms with Crippen molar-refractivity contribution in [3.8, 4) is 11.5 Å². The number of amides is 1. The Bertz CT molecular complexity index is 935. The van der Waals surface area contributed by atoms with Gasteiger partial charge in [0.15, 0.2) is 0 Å². The van der Waals surface area contributed by atoms with E-state index in [4.69, 9.17) is 4.74 Å². The molecule has 3 rings (SSSR count). The van der Waals surface area contributed by atoms with E-state index in [-0.39, 0.29) is 17.4 Å². The largest absolute Gasteiger partial charge is 0.497 e. The molecule has 0 aliphatic rings. The topological polar surface area (TPSA) is 91.2 Å². The number of ether oxygens (including phenoxy) is 2. The van der Waals surface area contributed by atoms with Gasteiger partial charge in [-0.2, -0.15) is 8.78 Å². The summed E-state index contributed by atoms with van der Waals surface area (Å²) in [5.74, 6) is 0.574. The molecule has 1 aromatic heterocycles. The molecule has 0 atom stereocenters. The molecule has 8 nitrogen and oxygen atoms in total. The average molecular weight is 421 g/mol. The summed E-state index contributed by atoms with van der Waals surface area (Å²) in [6.45, 7) is -2.44. The summed E-state index contributed by atoms with van der Waals surface area (Å²) in [5.41, 5.74) is 1.45. The van der Waals surface area contributed by atoms with E-state index in [2.05, 4.69) is 25.6 Å². The molecule has 0 aliphatic heterocycles. The SMILES string of the molecule is COc1ccc(Cn2nnnc2SCC(=O)Nc2ccc(OC(F)F)cc2)cc1. The average Bonchev–Trinajstić information content (AvgIpc) is 3.15. The van der Waals surface area contributed by atoms with Crippen LogP contribution in [-0.4, -0.2) is 45.6 Å². The first-order valence-electron chi connectivity index (χ1n) is 8.40. The van der Waals surface area contributed by atoms with Crippen molar-refractivity contribution in [1.29, 1.82) is 0 Å². The molecule has 0 saturated carbocycles. The van der Waals surface area contributed by atoms with Crippen molar-refractivity contribution >= 4 is 23.4 Å². The molecule has 0 unspecified atom stereocenters. The number of methoxy groups -OCH3 is 1. The quantitative estimate of drug-likeness (QED) is 0.531. The second kappa shape index (κ2) is 9.82. The zero-order chi connectivity index (χ0) is 20.6. The highest BCUT2D eigenvalue weighted by Gasteiger charge is 2.11. The van der Waals surface area contributed by atoms with Crippen LogP contribution in [0, 0.1) is 0 Å². The van der Waals surface area contributed by atoms with Gasteiger partial charge in [0.05, 0.1) is 19.4 Å². The number of thioether (sulfide) groups is 1. The molecule has 0 saturated heterocycles. The maximum absolute atomic E-state index is 12.2. The Kier molecular flexibility index (Phi) is 6.95. The standard InChI is InChI=1S/C18H17F2N5O3S/c1-27-14-6-2-12(3-7-14)10-25-18(22-23-24-25)29-11-16(26)21-13-4-8-15(9-5-13)28-17(19)20/h2-9,17H,10-11H2,1H3,(H,21,26). The number of nitrogens with one attached hydrogen (secondary N) is 1. The van der Waals surface area contributed by atoms with Gasteiger partial charge in [-0.05, 0) is 52.4 Å². The lowest BCUT2D eigenvalue weighted by molar-refractivity contribution is -0.113. The van der Waals surface area contributed by atoms with E-state index in [9.17, 15) is 13.6 Å². The fraction of sp³-hybridized carbons (Fsp3) is 0.222. The number of tetrazole rings is 1. The molecule has 3 aromatic rings. The van der Waals surface area contributed by atoms with Crippen molar-refractivity contribution in [1.82, 2.24) is 20.2 Å². The molecule has 152 valence electrons. The fourth-order valence-corrected chi connectivity index (χ4v) is 3.03. The summed E-state index contributed by atoms with van der Waals surface area (Å²) < 4.78 is 35.3. The number of carbonyl (C=O) groups is 1. The molecule has 1 heterocycles. The molecule has 0 aliphatic carbocycles. The summed E-state index contributed by atoms with van der Waals surface area (Å²) in [6, 6.07) is 13.2. The molecule has 0 fully saturated rings. The summed E-state index contributed by atoms with van der Waals surface area (Å²) >= 11 is 1.19. The highest BCUT2D eigenvalue weighted by atomic mass is 32.2. The number of nitrogens with zero attached hydrogens (tertiary/aromatic N) is 4. The van der Waals surface area contributed by atoms with Crippen LogP contribution >= 0.6 is 11.8 Å². The number of benzene rings is 2. The van der Waals surface area contributed by atoms with Crippen molar-refractivity contribution in [2.24, 2.45) is 0 Å². The summed E-state index contributed by atoms with van der Waals surface area (Å²) in [5, 5.41) is 14.7. The van der Waals surface area contributed by atoms with Crippen LogP contribution in [0.2, 0.25) is 0 Å². The number of hydrogen-bond donors (Lipinski definition) is 1. The monoisotopic (exact) mass is 421 g/mol. The van der Waals surface area contributed by atoms with E-state index in [1.807, 2.05) is 24.3 Å².